The Balaban J connectivity index is 1.98. The summed E-state index contributed by atoms with van der Waals surface area (Å²) in [5.74, 6) is 0. The molecule has 1 aliphatic heterocycles. The number of hydrogen-bond acceptors (Lipinski definition) is 3. The largest absolute Gasteiger partial charge is 0.385 e. The minimum absolute atomic E-state index is 0.295. The Bertz CT molecular complexity index is 356. The van der Waals surface area contributed by atoms with Crippen LogP contribution in [0.15, 0.2) is 12.5 Å². The minimum Gasteiger partial charge on any atom is -0.385 e. The van der Waals surface area contributed by atoms with E-state index in [2.05, 4.69) is 28.0 Å². The van der Waals surface area contributed by atoms with E-state index in [1.165, 1.54) is 18.5 Å². The summed E-state index contributed by atoms with van der Waals surface area (Å²) in [7, 11) is 1.76. The second-order valence-electron chi connectivity index (χ2n) is 5.48. The maximum absolute atomic E-state index is 5.09. The molecule has 1 fully saturated rings. The van der Waals surface area contributed by atoms with Gasteiger partial charge in [-0.1, -0.05) is 6.92 Å². The van der Waals surface area contributed by atoms with Gasteiger partial charge in [-0.25, -0.2) is 4.98 Å². The van der Waals surface area contributed by atoms with Gasteiger partial charge in [-0.15, -0.1) is 0 Å². The predicted molar refractivity (Wildman–Crippen MR) is 72.8 cm³/mol. The van der Waals surface area contributed by atoms with Crippen molar-refractivity contribution in [2.24, 2.45) is 0 Å². The molecule has 102 valence electrons. The first-order valence-electron chi connectivity index (χ1n) is 6.96. The van der Waals surface area contributed by atoms with Gasteiger partial charge in [-0.2, -0.15) is 0 Å². The Morgan fingerprint density at radius 2 is 2.17 bits per heavy atom. The predicted octanol–water partition coefficient (Wildman–Crippen LogP) is 1.95. The fourth-order valence-electron chi connectivity index (χ4n) is 2.76. The second-order valence-corrected chi connectivity index (χ2v) is 5.48. The van der Waals surface area contributed by atoms with Gasteiger partial charge >= 0.3 is 0 Å². The molecule has 2 rings (SSSR count). The Morgan fingerprint density at radius 1 is 1.39 bits per heavy atom. The molecular weight excluding hydrogens is 226 g/mol. The van der Waals surface area contributed by atoms with E-state index < -0.39 is 0 Å². The molecule has 0 atom stereocenters. The fourth-order valence-corrected chi connectivity index (χ4v) is 2.76. The van der Waals surface area contributed by atoms with Crippen molar-refractivity contribution in [1.82, 2.24) is 14.9 Å². The zero-order valence-electron chi connectivity index (χ0n) is 11.6. The van der Waals surface area contributed by atoms with Crippen LogP contribution in [0, 0.1) is 0 Å². The van der Waals surface area contributed by atoms with Crippen molar-refractivity contribution in [1.29, 1.82) is 0 Å². The lowest BCUT2D eigenvalue weighted by Gasteiger charge is -2.34. The number of imidazole rings is 1. The van der Waals surface area contributed by atoms with Crippen LogP contribution < -0.4 is 5.32 Å². The van der Waals surface area contributed by atoms with Crippen molar-refractivity contribution >= 4 is 0 Å². The van der Waals surface area contributed by atoms with Crippen LogP contribution >= 0.6 is 0 Å². The molecule has 1 aromatic heterocycles. The van der Waals surface area contributed by atoms with E-state index in [0.717, 1.165) is 39.1 Å². The Hall–Kier alpha value is -0.870. The summed E-state index contributed by atoms with van der Waals surface area (Å²) in [6, 6.07) is 0. The SMILES string of the molecule is COCCCCn1cncc1C1(C)CCNCC1. The lowest BCUT2D eigenvalue weighted by atomic mass is 9.78. The molecule has 4 nitrogen and oxygen atoms in total. The average Bonchev–Trinajstić information content (AvgIpc) is 2.85. The Morgan fingerprint density at radius 3 is 2.89 bits per heavy atom. The first-order valence-corrected chi connectivity index (χ1v) is 6.96. The summed E-state index contributed by atoms with van der Waals surface area (Å²) in [5.41, 5.74) is 1.70. The first-order chi connectivity index (χ1) is 8.76. The standard InChI is InChI=1S/C14H25N3O/c1-14(5-7-15-8-6-14)13-11-16-12-17(13)9-3-4-10-18-2/h11-12,15H,3-10H2,1-2H3. The summed E-state index contributed by atoms with van der Waals surface area (Å²) < 4.78 is 7.43. The lowest BCUT2D eigenvalue weighted by molar-refractivity contribution is 0.191. The number of aryl methyl sites for hydroxylation is 1. The molecule has 0 unspecified atom stereocenters. The van der Waals surface area contributed by atoms with Crippen LogP contribution in [0.3, 0.4) is 0 Å². The molecule has 1 N–H and O–H groups in total. The van der Waals surface area contributed by atoms with Crippen LogP contribution in [0.2, 0.25) is 0 Å². The summed E-state index contributed by atoms with van der Waals surface area (Å²) in [6.07, 6.45) is 8.72. The molecule has 2 heterocycles. The molecule has 1 aromatic rings. The highest BCUT2D eigenvalue weighted by atomic mass is 16.5. The van der Waals surface area contributed by atoms with Crippen molar-refractivity contribution in [2.75, 3.05) is 26.8 Å². The number of nitrogens with zero attached hydrogens (tertiary/aromatic N) is 2. The Labute approximate surface area is 110 Å². The zero-order chi connectivity index (χ0) is 12.8. The van der Waals surface area contributed by atoms with E-state index in [4.69, 9.17) is 4.74 Å². The third-order valence-corrected chi connectivity index (χ3v) is 4.04. The molecule has 18 heavy (non-hydrogen) atoms. The van der Waals surface area contributed by atoms with Crippen molar-refractivity contribution < 1.29 is 4.74 Å². The van der Waals surface area contributed by atoms with Gasteiger partial charge in [0.1, 0.15) is 0 Å². The normalized spacial score (nSPS) is 19.0. The number of ether oxygens (including phenoxy) is 1. The number of rotatable bonds is 6. The molecule has 4 heteroatoms. The monoisotopic (exact) mass is 251 g/mol. The van der Waals surface area contributed by atoms with Gasteiger partial charge in [0, 0.05) is 37.6 Å². The van der Waals surface area contributed by atoms with E-state index in [0.29, 0.717) is 5.41 Å². The van der Waals surface area contributed by atoms with Gasteiger partial charge in [0.05, 0.1) is 6.33 Å². The molecular formula is C14H25N3O. The third kappa shape index (κ3) is 3.12. The van der Waals surface area contributed by atoms with Crippen molar-refractivity contribution in [3.8, 4) is 0 Å². The lowest BCUT2D eigenvalue weighted by Crippen LogP contribution is -2.39. The number of nitrogens with one attached hydrogen (secondary N) is 1. The number of piperidine rings is 1. The highest BCUT2D eigenvalue weighted by Crippen LogP contribution is 2.32. The van der Waals surface area contributed by atoms with Crippen LogP contribution in [0.1, 0.15) is 38.3 Å². The quantitative estimate of drug-likeness (QED) is 0.785. The van der Waals surface area contributed by atoms with E-state index in [1.807, 2.05) is 6.33 Å². The maximum Gasteiger partial charge on any atom is 0.0948 e. The van der Waals surface area contributed by atoms with Gasteiger partial charge in [0.25, 0.3) is 0 Å². The van der Waals surface area contributed by atoms with Crippen LogP contribution in [-0.4, -0.2) is 36.4 Å². The number of unbranched alkanes of at least 4 members (excludes halogenated alkanes) is 1. The fraction of sp³-hybridized carbons (Fsp3) is 0.786. The highest BCUT2D eigenvalue weighted by Gasteiger charge is 2.31. The molecule has 0 saturated carbocycles. The first kappa shape index (κ1) is 13.6. The molecule has 0 aromatic carbocycles. The molecule has 0 spiro atoms. The van der Waals surface area contributed by atoms with Gasteiger partial charge in [-0.05, 0) is 38.8 Å². The summed E-state index contributed by atoms with van der Waals surface area (Å²) >= 11 is 0. The highest BCUT2D eigenvalue weighted by molar-refractivity contribution is 5.15. The second kappa shape index (κ2) is 6.34. The van der Waals surface area contributed by atoms with Gasteiger partial charge in [-0.3, -0.25) is 0 Å². The van der Waals surface area contributed by atoms with E-state index >= 15 is 0 Å². The van der Waals surface area contributed by atoms with Crippen molar-refractivity contribution in [3.63, 3.8) is 0 Å². The van der Waals surface area contributed by atoms with E-state index in [9.17, 15) is 0 Å². The number of methoxy groups -OCH3 is 1. The van der Waals surface area contributed by atoms with E-state index in [1.54, 1.807) is 7.11 Å². The molecule has 1 aliphatic rings. The Kier molecular flexibility index (Phi) is 4.78. The van der Waals surface area contributed by atoms with E-state index in [-0.39, 0.29) is 0 Å². The molecule has 0 bridgehead atoms. The number of aromatic nitrogens is 2. The molecule has 0 aliphatic carbocycles. The topological polar surface area (TPSA) is 39.1 Å². The minimum atomic E-state index is 0.295. The summed E-state index contributed by atoms with van der Waals surface area (Å²) in [4.78, 5) is 4.35. The number of hydrogen-bond donors (Lipinski definition) is 1. The molecule has 1 saturated heterocycles. The van der Waals surface area contributed by atoms with Gasteiger partial charge in [0.2, 0.25) is 0 Å². The average molecular weight is 251 g/mol. The smallest absolute Gasteiger partial charge is 0.0948 e. The summed E-state index contributed by atoms with van der Waals surface area (Å²) in [5, 5.41) is 3.44. The maximum atomic E-state index is 5.09. The van der Waals surface area contributed by atoms with Crippen molar-refractivity contribution in [3.05, 3.63) is 18.2 Å². The van der Waals surface area contributed by atoms with Gasteiger partial charge in [0.15, 0.2) is 0 Å². The summed E-state index contributed by atoms with van der Waals surface area (Å²) in [6.45, 7) is 6.51. The molecule has 0 amide bonds. The van der Waals surface area contributed by atoms with Crippen LogP contribution in [0.25, 0.3) is 0 Å². The van der Waals surface area contributed by atoms with Gasteiger partial charge < -0.3 is 14.6 Å². The van der Waals surface area contributed by atoms with Crippen molar-refractivity contribution in [2.45, 2.75) is 44.6 Å². The van der Waals surface area contributed by atoms with Crippen LogP contribution in [0.4, 0.5) is 0 Å². The van der Waals surface area contributed by atoms with Crippen LogP contribution in [-0.2, 0) is 16.7 Å². The third-order valence-electron chi connectivity index (χ3n) is 4.04. The zero-order valence-corrected chi connectivity index (χ0v) is 11.6. The van der Waals surface area contributed by atoms with Crippen LogP contribution in [0.5, 0.6) is 0 Å². The molecule has 0 radical (unpaired) electrons.